The molecule has 3 N–H and O–H groups in total. The van der Waals surface area contributed by atoms with Gasteiger partial charge in [-0.15, -0.1) is 0 Å². The van der Waals surface area contributed by atoms with Crippen LogP contribution < -0.4 is 11.3 Å². The summed E-state index contributed by atoms with van der Waals surface area (Å²) in [4.78, 5) is 0. The summed E-state index contributed by atoms with van der Waals surface area (Å²) in [5.74, 6) is 6.90. The molecule has 0 aromatic carbocycles. The fourth-order valence-corrected chi connectivity index (χ4v) is 2.43. The topological polar surface area (TPSA) is 55.9 Å². The summed E-state index contributed by atoms with van der Waals surface area (Å²) in [5, 5.41) is 4.82. The highest BCUT2D eigenvalue weighted by atomic mass is 35.5. The zero-order chi connectivity index (χ0) is 11.0. The number of aryl methyl sites for hydroxylation is 1. The Hall–Kier alpha value is -0.580. The summed E-state index contributed by atoms with van der Waals surface area (Å²) in [6.45, 7) is 2.21. The summed E-state index contributed by atoms with van der Waals surface area (Å²) in [7, 11) is 1.89. The molecule has 84 valence electrons. The van der Waals surface area contributed by atoms with E-state index in [-0.39, 0.29) is 6.04 Å². The lowest BCUT2D eigenvalue weighted by Crippen LogP contribution is -2.34. The second-order valence-electron chi connectivity index (χ2n) is 4.34. The van der Waals surface area contributed by atoms with Crippen molar-refractivity contribution >= 4 is 11.6 Å². The van der Waals surface area contributed by atoms with Crippen molar-refractivity contribution < 1.29 is 0 Å². The molecule has 1 aliphatic rings. The second-order valence-corrected chi connectivity index (χ2v) is 4.75. The number of aromatic nitrogens is 2. The number of nitrogens with one attached hydrogen (secondary N) is 1. The van der Waals surface area contributed by atoms with E-state index in [4.69, 9.17) is 17.4 Å². The lowest BCUT2D eigenvalue weighted by atomic mass is 9.94. The third-order valence-electron chi connectivity index (χ3n) is 3.30. The highest BCUT2D eigenvalue weighted by Gasteiger charge is 2.35. The molecule has 2 rings (SSSR count). The molecule has 0 amide bonds. The summed E-state index contributed by atoms with van der Waals surface area (Å²) >= 11 is 6.11. The number of rotatable bonds is 4. The monoisotopic (exact) mass is 228 g/mol. The molecule has 1 saturated carbocycles. The molecule has 0 saturated heterocycles. The van der Waals surface area contributed by atoms with Gasteiger partial charge >= 0.3 is 0 Å². The molecule has 1 aromatic heterocycles. The lowest BCUT2D eigenvalue weighted by molar-refractivity contribution is 0.338. The molecule has 1 fully saturated rings. The smallest absolute Gasteiger partial charge is 0.0834 e. The molecule has 1 heterocycles. The van der Waals surface area contributed by atoms with Crippen molar-refractivity contribution in [2.75, 3.05) is 0 Å². The van der Waals surface area contributed by atoms with Gasteiger partial charge in [-0.1, -0.05) is 18.5 Å². The first-order valence-electron chi connectivity index (χ1n) is 5.28. The van der Waals surface area contributed by atoms with E-state index in [0.717, 1.165) is 11.6 Å². The molecule has 1 aliphatic carbocycles. The van der Waals surface area contributed by atoms with Gasteiger partial charge in [-0.05, 0) is 24.7 Å². The molecule has 0 aliphatic heterocycles. The predicted molar refractivity (Wildman–Crippen MR) is 60.2 cm³/mol. The Morgan fingerprint density at radius 3 is 2.73 bits per heavy atom. The first kappa shape index (κ1) is 10.9. The van der Waals surface area contributed by atoms with Crippen LogP contribution in [-0.4, -0.2) is 9.78 Å². The Morgan fingerprint density at radius 1 is 1.67 bits per heavy atom. The number of hydrogen-bond acceptors (Lipinski definition) is 3. The van der Waals surface area contributed by atoms with Crippen LogP contribution in [-0.2, 0) is 7.05 Å². The normalized spacial score (nSPS) is 20.3. The molecular weight excluding hydrogens is 212 g/mol. The summed E-state index contributed by atoms with van der Waals surface area (Å²) in [5.41, 5.74) is 3.85. The van der Waals surface area contributed by atoms with Gasteiger partial charge < -0.3 is 0 Å². The quantitative estimate of drug-likeness (QED) is 0.608. The summed E-state index contributed by atoms with van der Waals surface area (Å²) < 4.78 is 1.80. The van der Waals surface area contributed by atoms with Gasteiger partial charge in [0.15, 0.2) is 0 Å². The summed E-state index contributed by atoms with van der Waals surface area (Å²) in [6.07, 6.45) is 4.27. The van der Waals surface area contributed by atoms with Crippen LogP contribution in [0.25, 0.3) is 0 Å². The van der Waals surface area contributed by atoms with Gasteiger partial charge in [0.2, 0.25) is 0 Å². The first-order chi connectivity index (χ1) is 7.15. The standard InChI is InChI=1S/C10H17ClN4/c1-6(7-3-4-7)9(14-12)10-8(11)5-13-15(10)2/h5-7,9,14H,3-4,12H2,1-2H3. The minimum Gasteiger partial charge on any atom is -0.271 e. The number of hydrazine groups is 1. The Labute approximate surface area is 94.8 Å². The Balaban J connectivity index is 2.25. The molecular formula is C10H17ClN4. The molecule has 0 bridgehead atoms. The van der Waals surface area contributed by atoms with Crippen molar-refractivity contribution in [3.05, 3.63) is 16.9 Å². The van der Waals surface area contributed by atoms with Crippen molar-refractivity contribution in [1.29, 1.82) is 0 Å². The van der Waals surface area contributed by atoms with Crippen LogP contribution in [0.2, 0.25) is 5.02 Å². The SMILES string of the molecule is CC(C1CC1)C(NN)c1c(Cl)cnn1C. The van der Waals surface area contributed by atoms with E-state index in [1.165, 1.54) is 12.8 Å². The average Bonchev–Trinajstić information content (AvgIpc) is 3.00. The van der Waals surface area contributed by atoms with E-state index >= 15 is 0 Å². The maximum Gasteiger partial charge on any atom is 0.0834 e. The second kappa shape index (κ2) is 4.12. The fraction of sp³-hybridized carbons (Fsp3) is 0.700. The number of nitrogens with zero attached hydrogens (tertiary/aromatic N) is 2. The molecule has 15 heavy (non-hydrogen) atoms. The van der Waals surface area contributed by atoms with E-state index in [0.29, 0.717) is 10.9 Å². The van der Waals surface area contributed by atoms with Crippen LogP contribution in [0, 0.1) is 11.8 Å². The van der Waals surface area contributed by atoms with Gasteiger partial charge in [-0.2, -0.15) is 5.10 Å². The Bertz CT molecular complexity index is 326. The molecule has 4 nitrogen and oxygen atoms in total. The molecule has 5 heteroatoms. The van der Waals surface area contributed by atoms with E-state index in [9.17, 15) is 0 Å². The maximum absolute atomic E-state index is 6.11. The van der Waals surface area contributed by atoms with E-state index < -0.39 is 0 Å². The van der Waals surface area contributed by atoms with Crippen molar-refractivity contribution in [3.8, 4) is 0 Å². The summed E-state index contributed by atoms with van der Waals surface area (Å²) in [6, 6.07) is 0.0949. The molecule has 0 spiro atoms. The molecule has 0 radical (unpaired) electrons. The van der Waals surface area contributed by atoms with Crippen LogP contribution >= 0.6 is 11.6 Å². The zero-order valence-electron chi connectivity index (χ0n) is 9.07. The molecule has 2 atom stereocenters. The molecule has 1 aromatic rings. The third kappa shape index (κ3) is 2.02. The highest BCUT2D eigenvalue weighted by molar-refractivity contribution is 6.31. The predicted octanol–water partition coefficient (Wildman–Crippen LogP) is 1.62. The van der Waals surface area contributed by atoms with E-state index in [1.54, 1.807) is 10.9 Å². The Morgan fingerprint density at radius 2 is 2.33 bits per heavy atom. The van der Waals surface area contributed by atoms with Crippen LogP contribution in [0.5, 0.6) is 0 Å². The van der Waals surface area contributed by atoms with Gasteiger partial charge in [0, 0.05) is 7.05 Å². The van der Waals surface area contributed by atoms with Crippen LogP contribution in [0.15, 0.2) is 6.20 Å². The third-order valence-corrected chi connectivity index (χ3v) is 3.59. The fourth-order valence-electron chi connectivity index (χ4n) is 2.14. The van der Waals surface area contributed by atoms with Crippen LogP contribution in [0.1, 0.15) is 31.5 Å². The van der Waals surface area contributed by atoms with Crippen molar-refractivity contribution in [1.82, 2.24) is 15.2 Å². The highest BCUT2D eigenvalue weighted by Crippen LogP contribution is 2.43. The van der Waals surface area contributed by atoms with Gasteiger partial charge in [-0.25, -0.2) is 0 Å². The van der Waals surface area contributed by atoms with Gasteiger partial charge in [0.25, 0.3) is 0 Å². The van der Waals surface area contributed by atoms with Gasteiger partial charge in [0.05, 0.1) is 23.0 Å². The minimum atomic E-state index is 0.0949. The largest absolute Gasteiger partial charge is 0.271 e. The zero-order valence-corrected chi connectivity index (χ0v) is 9.83. The van der Waals surface area contributed by atoms with Gasteiger partial charge in [-0.3, -0.25) is 16.0 Å². The lowest BCUT2D eigenvalue weighted by Gasteiger charge is -2.23. The van der Waals surface area contributed by atoms with Crippen molar-refractivity contribution in [3.63, 3.8) is 0 Å². The Kier molecular flexibility index (Phi) is 3.00. The average molecular weight is 229 g/mol. The van der Waals surface area contributed by atoms with E-state index in [2.05, 4.69) is 17.4 Å². The number of hydrogen-bond donors (Lipinski definition) is 2. The van der Waals surface area contributed by atoms with E-state index in [1.807, 2.05) is 7.05 Å². The molecule has 2 unspecified atom stereocenters. The van der Waals surface area contributed by atoms with Crippen molar-refractivity contribution in [2.45, 2.75) is 25.8 Å². The number of halogens is 1. The number of nitrogens with two attached hydrogens (primary N) is 1. The van der Waals surface area contributed by atoms with Crippen LogP contribution in [0.4, 0.5) is 0 Å². The van der Waals surface area contributed by atoms with Crippen LogP contribution in [0.3, 0.4) is 0 Å². The minimum absolute atomic E-state index is 0.0949. The maximum atomic E-state index is 6.11. The van der Waals surface area contributed by atoms with Crippen molar-refractivity contribution in [2.24, 2.45) is 24.7 Å². The first-order valence-corrected chi connectivity index (χ1v) is 5.66. The van der Waals surface area contributed by atoms with Gasteiger partial charge in [0.1, 0.15) is 0 Å².